The monoisotopic (exact) mass is 175 g/mol. The minimum atomic E-state index is 0.122. The minimum Gasteiger partial charge on any atom is -0.481 e. The molecule has 3 nitrogen and oxygen atoms in total. The largest absolute Gasteiger partial charge is 0.481 e. The Hall–Kier alpha value is -1.35. The number of methoxy groups -OCH3 is 1. The lowest BCUT2D eigenvalue weighted by Crippen LogP contribution is -1.96. The Morgan fingerprint density at radius 1 is 1.31 bits per heavy atom. The molecule has 2 aliphatic heterocycles. The van der Waals surface area contributed by atoms with Crippen molar-refractivity contribution in [2.24, 2.45) is 0 Å². The van der Waals surface area contributed by atoms with E-state index in [1.165, 1.54) is 11.1 Å². The molecule has 0 aliphatic carbocycles. The zero-order valence-electron chi connectivity index (χ0n) is 7.23. The molecule has 66 valence electrons. The fraction of sp³-hybridized carbons (Fsp3) is 0.300. The molecule has 0 aromatic carbocycles. The maximum Gasteiger partial charge on any atom is 0.213 e. The van der Waals surface area contributed by atoms with Crippen LogP contribution in [0.3, 0.4) is 0 Å². The lowest BCUT2D eigenvalue weighted by Gasteiger charge is -2.07. The maximum atomic E-state index is 5.64. The van der Waals surface area contributed by atoms with Crippen LogP contribution in [0.25, 0.3) is 0 Å². The Kier molecular flexibility index (Phi) is 1.27. The van der Waals surface area contributed by atoms with Gasteiger partial charge < -0.3 is 9.47 Å². The summed E-state index contributed by atoms with van der Waals surface area (Å²) in [5.74, 6) is 0.656. The highest BCUT2D eigenvalue weighted by molar-refractivity contribution is 5.43. The molecule has 2 aliphatic rings. The average Bonchev–Trinajstić information content (AvgIpc) is 2.77. The van der Waals surface area contributed by atoms with Gasteiger partial charge in [-0.15, -0.1) is 0 Å². The molecule has 1 aromatic heterocycles. The Morgan fingerprint density at radius 3 is 2.85 bits per heavy atom. The zero-order chi connectivity index (χ0) is 8.84. The molecule has 0 fully saturated rings. The Bertz CT molecular complexity index is 387. The molecule has 0 radical (unpaired) electrons. The van der Waals surface area contributed by atoms with Gasteiger partial charge in [0, 0.05) is 17.8 Å². The Labute approximate surface area is 76.0 Å². The molecule has 1 aromatic rings. The summed E-state index contributed by atoms with van der Waals surface area (Å²) >= 11 is 0. The van der Waals surface area contributed by atoms with E-state index in [9.17, 15) is 0 Å². The normalized spacial score (nSPS) is 27.8. The second kappa shape index (κ2) is 2.33. The molecule has 13 heavy (non-hydrogen) atoms. The smallest absolute Gasteiger partial charge is 0.213 e. The highest BCUT2D eigenvalue weighted by atomic mass is 16.5. The average molecular weight is 175 g/mol. The van der Waals surface area contributed by atoms with Gasteiger partial charge in [-0.25, -0.2) is 4.98 Å². The standard InChI is InChI=1S/C10H9NO2/c1-12-10-4-6-7(5-11-10)9-3-2-8(6)13-9/h2-5,8-9H,1H3. The highest BCUT2D eigenvalue weighted by Crippen LogP contribution is 2.45. The minimum absolute atomic E-state index is 0.122. The molecule has 2 bridgehead atoms. The number of ether oxygens (including phenoxy) is 2. The van der Waals surface area contributed by atoms with Crippen molar-refractivity contribution in [2.75, 3.05) is 7.11 Å². The van der Waals surface area contributed by atoms with Gasteiger partial charge in [-0.3, -0.25) is 0 Å². The van der Waals surface area contributed by atoms with E-state index in [2.05, 4.69) is 17.1 Å². The molecule has 0 amide bonds. The topological polar surface area (TPSA) is 31.4 Å². The molecular weight excluding hydrogens is 166 g/mol. The Balaban J connectivity index is 2.14. The van der Waals surface area contributed by atoms with Gasteiger partial charge in [0.15, 0.2) is 0 Å². The van der Waals surface area contributed by atoms with Crippen LogP contribution in [0.2, 0.25) is 0 Å². The van der Waals surface area contributed by atoms with Gasteiger partial charge in [-0.2, -0.15) is 0 Å². The van der Waals surface area contributed by atoms with Crippen LogP contribution in [0.1, 0.15) is 23.3 Å². The van der Waals surface area contributed by atoms with Crippen molar-refractivity contribution in [3.63, 3.8) is 0 Å². The maximum absolute atomic E-state index is 5.64. The first kappa shape index (κ1) is 7.09. The summed E-state index contributed by atoms with van der Waals surface area (Å²) in [7, 11) is 1.62. The summed E-state index contributed by atoms with van der Waals surface area (Å²) in [6.07, 6.45) is 6.23. The van der Waals surface area contributed by atoms with Crippen molar-refractivity contribution in [2.45, 2.75) is 12.2 Å². The third-order valence-electron chi connectivity index (χ3n) is 2.52. The van der Waals surface area contributed by atoms with Crippen LogP contribution in [0.5, 0.6) is 5.88 Å². The molecule has 0 spiro atoms. The van der Waals surface area contributed by atoms with Crippen LogP contribution in [0.4, 0.5) is 0 Å². The van der Waals surface area contributed by atoms with Crippen molar-refractivity contribution >= 4 is 0 Å². The molecule has 0 saturated carbocycles. The van der Waals surface area contributed by atoms with Gasteiger partial charge in [0.2, 0.25) is 5.88 Å². The number of pyridine rings is 1. The second-order valence-corrected chi connectivity index (χ2v) is 3.22. The van der Waals surface area contributed by atoms with Gasteiger partial charge in [0.05, 0.1) is 7.11 Å². The van der Waals surface area contributed by atoms with Crippen molar-refractivity contribution in [3.8, 4) is 5.88 Å². The van der Waals surface area contributed by atoms with E-state index in [-0.39, 0.29) is 12.2 Å². The first-order valence-corrected chi connectivity index (χ1v) is 4.26. The van der Waals surface area contributed by atoms with E-state index in [1.54, 1.807) is 7.11 Å². The van der Waals surface area contributed by atoms with Gasteiger partial charge in [-0.05, 0) is 5.56 Å². The van der Waals surface area contributed by atoms with Crippen molar-refractivity contribution in [1.82, 2.24) is 4.98 Å². The molecule has 2 atom stereocenters. The number of rotatable bonds is 1. The number of hydrogen-bond donors (Lipinski definition) is 0. The van der Waals surface area contributed by atoms with Crippen molar-refractivity contribution < 1.29 is 9.47 Å². The van der Waals surface area contributed by atoms with E-state index in [0.717, 1.165) is 0 Å². The van der Waals surface area contributed by atoms with Gasteiger partial charge >= 0.3 is 0 Å². The molecule has 2 unspecified atom stereocenters. The van der Waals surface area contributed by atoms with Crippen LogP contribution in [0, 0.1) is 0 Å². The number of fused-ring (bicyclic) bond motifs is 5. The Morgan fingerprint density at radius 2 is 2.08 bits per heavy atom. The lowest BCUT2D eigenvalue weighted by molar-refractivity contribution is 0.0878. The number of nitrogens with zero attached hydrogens (tertiary/aromatic N) is 1. The van der Waals surface area contributed by atoms with E-state index in [4.69, 9.17) is 9.47 Å². The summed E-state index contributed by atoms with van der Waals surface area (Å²) in [4.78, 5) is 4.15. The summed E-state index contributed by atoms with van der Waals surface area (Å²) in [5.41, 5.74) is 2.37. The SMILES string of the molecule is COc1cc2c(cn1)C1C=CC2O1. The summed E-state index contributed by atoms with van der Waals surface area (Å²) in [5, 5.41) is 0. The van der Waals surface area contributed by atoms with Crippen LogP contribution in [-0.2, 0) is 4.74 Å². The van der Waals surface area contributed by atoms with Crippen molar-refractivity contribution in [3.05, 3.63) is 35.5 Å². The van der Waals surface area contributed by atoms with E-state index < -0.39 is 0 Å². The zero-order valence-corrected chi connectivity index (χ0v) is 7.23. The summed E-state index contributed by atoms with van der Waals surface area (Å²) in [6.45, 7) is 0. The van der Waals surface area contributed by atoms with Crippen LogP contribution in [0.15, 0.2) is 24.4 Å². The lowest BCUT2D eigenvalue weighted by atomic mass is 9.99. The molecule has 3 heterocycles. The predicted octanol–water partition coefficient (Wildman–Crippen LogP) is 1.77. The quantitative estimate of drug-likeness (QED) is 0.609. The van der Waals surface area contributed by atoms with Crippen LogP contribution in [-0.4, -0.2) is 12.1 Å². The fourth-order valence-corrected chi connectivity index (χ4v) is 1.86. The van der Waals surface area contributed by atoms with E-state index >= 15 is 0 Å². The first-order valence-electron chi connectivity index (χ1n) is 4.26. The molecule has 3 rings (SSSR count). The van der Waals surface area contributed by atoms with Crippen LogP contribution >= 0.6 is 0 Å². The van der Waals surface area contributed by atoms with Gasteiger partial charge in [0.25, 0.3) is 0 Å². The van der Waals surface area contributed by atoms with Crippen molar-refractivity contribution in [1.29, 1.82) is 0 Å². The molecule has 0 saturated heterocycles. The summed E-state index contributed by atoms with van der Waals surface area (Å²) in [6, 6.07) is 1.95. The number of hydrogen-bond acceptors (Lipinski definition) is 3. The molecule has 3 heteroatoms. The summed E-state index contributed by atoms with van der Waals surface area (Å²) < 4.78 is 10.7. The van der Waals surface area contributed by atoms with Gasteiger partial charge in [-0.1, -0.05) is 12.2 Å². The van der Waals surface area contributed by atoms with E-state index in [1.807, 2.05) is 12.3 Å². The fourth-order valence-electron chi connectivity index (χ4n) is 1.86. The van der Waals surface area contributed by atoms with E-state index in [0.29, 0.717) is 5.88 Å². The predicted molar refractivity (Wildman–Crippen MR) is 46.5 cm³/mol. The first-order chi connectivity index (χ1) is 6.38. The van der Waals surface area contributed by atoms with Gasteiger partial charge in [0.1, 0.15) is 12.2 Å². The number of aromatic nitrogens is 1. The molecule has 0 N–H and O–H groups in total. The molecular formula is C10H9NO2. The second-order valence-electron chi connectivity index (χ2n) is 3.22. The third-order valence-corrected chi connectivity index (χ3v) is 2.52. The highest BCUT2D eigenvalue weighted by Gasteiger charge is 2.34. The third kappa shape index (κ3) is 0.848. The van der Waals surface area contributed by atoms with Crippen LogP contribution < -0.4 is 4.74 Å².